The van der Waals surface area contributed by atoms with Crippen molar-refractivity contribution in [1.29, 1.82) is 0 Å². The number of sulfonamides is 1. The maximum Gasteiger partial charge on any atom is 0.258 e. The summed E-state index contributed by atoms with van der Waals surface area (Å²) in [5, 5.41) is 6.65. The maximum atomic E-state index is 13.6. The van der Waals surface area contributed by atoms with Gasteiger partial charge in [0.25, 0.3) is 11.8 Å². The Kier molecular flexibility index (Phi) is 11.1. The van der Waals surface area contributed by atoms with Crippen LogP contribution in [-0.4, -0.2) is 58.1 Å². The number of hydrogen-bond donors (Lipinski definition) is 2. The second-order valence-corrected chi connectivity index (χ2v) is 11.2. The average Bonchev–Trinajstić information content (AvgIpc) is 3.57. The van der Waals surface area contributed by atoms with E-state index in [9.17, 15) is 18.0 Å². The number of ether oxygens (including phenoxy) is 3. The molecule has 0 bridgehead atoms. The monoisotopic (exact) mass is 620 g/mol. The zero-order chi connectivity index (χ0) is 31.4. The highest BCUT2D eigenvalue weighted by atomic mass is 32.2. The summed E-state index contributed by atoms with van der Waals surface area (Å²) in [7, 11) is -1.26. The van der Waals surface area contributed by atoms with Crippen molar-refractivity contribution in [2.24, 2.45) is 5.10 Å². The van der Waals surface area contributed by atoms with Gasteiger partial charge in [0.05, 0.1) is 44.7 Å². The average molecular weight is 621 g/mol. The van der Waals surface area contributed by atoms with Crippen molar-refractivity contribution in [2.75, 3.05) is 27.4 Å². The van der Waals surface area contributed by atoms with Crippen LogP contribution in [0, 0.1) is 0 Å². The quantitative estimate of drug-likeness (QED) is 0.152. The number of benzene rings is 3. The Balaban J connectivity index is 1.35. The summed E-state index contributed by atoms with van der Waals surface area (Å²) in [4.78, 5) is 24.7. The molecule has 3 aromatic carbocycles. The Morgan fingerprint density at radius 2 is 1.66 bits per heavy atom. The van der Waals surface area contributed by atoms with Crippen LogP contribution in [0.15, 0.2) is 106 Å². The molecule has 2 N–H and O–H groups in total. The van der Waals surface area contributed by atoms with Crippen molar-refractivity contribution in [3.63, 3.8) is 0 Å². The van der Waals surface area contributed by atoms with Gasteiger partial charge in [-0.3, -0.25) is 9.59 Å². The number of nitrogens with zero attached hydrogens (tertiary/aromatic N) is 2. The van der Waals surface area contributed by atoms with Crippen molar-refractivity contribution in [3.05, 3.63) is 108 Å². The van der Waals surface area contributed by atoms with E-state index in [1.54, 1.807) is 60.7 Å². The third-order valence-corrected chi connectivity index (χ3v) is 7.99. The summed E-state index contributed by atoms with van der Waals surface area (Å²) in [5.74, 6) is 0.783. The van der Waals surface area contributed by atoms with Gasteiger partial charge in [0.2, 0.25) is 10.0 Å². The molecule has 0 radical (unpaired) electrons. The third kappa shape index (κ3) is 8.93. The van der Waals surface area contributed by atoms with Crippen molar-refractivity contribution in [3.8, 4) is 17.2 Å². The lowest BCUT2D eigenvalue weighted by Crippen LogP contribution is -2.39. The molecule has 230 valence electrons. The van der Waals surface area contributed by atoms with E-state index in [0.717, 1.165) is 4.31 Å². The first-order valence-corrected chi connectivity index (χ1v) is 14.8. The van der Waals surface area contributed by atoms with E-state index >= 15 is 0 Å². The lowest BCUT2D eigenvalue weighted by Gasteiger charge is -2.22. The molecule has 44 heavy (non-hydrogen) atoms. The Bertz CT molecular complexity index is 1660. The summed E-state index contributed by atoms with van der Waals surface area (Å²) in [5.41, 5.74) is 3.72. The molecule has 0 saturated heterocycles. The molecule has 0 unspecified atom stereocenters. The van der Waals surface area contributed by atoms with Crippen molar-refractivity contribution in [2.45, 2.75) is 18.0 Å². The van der Waals surface area contributed by atoms with Gasteiger partial charge in [0.1, 0.15) is 11.5 Å². The Morgan fingerprint density at radius 1 is 0.909 bits per heavy atom. The molecule has 1 heterocycles. The summed E-state index contributed by atoms with van der Waals surface area (Å²) in [6.45, 7) is -0.437. The Hall–Kier alpha value is -5.14. The number of carbonyl (C=O) groups excluding carboxylic acids is 2. The standard InChI is InChI=1S/C31H32N4O8S/c1-40-28-15-14-27(17-29(28)41-2)44(38,39)35(20-24-7-4-3-5-8-24)21-30(36)34-33-18-23-10-12-25(13-11-23)43-22-31(37)32-19-26-9-6-16-42-26/h3-18H,19-22H2,1-2H3,(H,32,37)(H,34,36)/b33-18+. The normalized spacial score (nSPS) is 11.3. The van der Waals surface area contributed by atoms with Crippen molar-refractivity contribution in [1.82, 2.24) is 15.0 Å². The molecule has 0 fully saturated rings. The number of carbonyl (C=O) groups is 2. The fraction of sp³-hybridized carbons (Fsp3) is 0.194. The van der Waals surface area contributed by atoms with Crippen LogP contribution in [0.3, 0.4) is 0 Å². The molecule has 0 atom stereocenters. The van der Waals surface area contributed by atoms with Crippen LogP contribution in [-0.2, 0) is 32.7 Å². The number of amides is 2. The van der Waals surface area contributed by atoms with E-state index in [-0.39, 0.29) is 36.2 Å². The largest absolute Gasteiger partial charge is 0.493 e. The summed E-state index contributed by atoms with van der Waals surface area (Å²) >= 11 is 0. The molecular weight excluding hydrogens is 588 g/mol. The fourth-order valence-corrected chi connectivity index (χ4v) is 5.36. The van der Waals surface area contributed by atoms with Gasteiger partial charge in [-0.1, -0.05) is 30.3 Å². The highest BCUT2D eigenvalue weighted by molar-refractivity contribution is 7.89. The number of nitrogens with one attached hydrogen (secondary N) is 2. The van der Waals surface area contributed by atoms with Crippen molar-refractivity contribution >= 4 is 28.1 Å². The second kappa shape index (κ2) is 15.4. The molecule has 12 nitrogen and oxygen atoms in total. The van der Waals surface area contributed by atoms with Crippen LogP contribution >= 0.6 is 0 Å². The van der Waals surface area contributed by atoms with E-state index in [2.05, 4.69) is 15.8 Å². The molecule has 4 rings (SSSR count). The van der Waals surface area contributed by atoms with Crippen molar-refractivity contribution < 1.29 is 36.6 Å². The molecule has 0 aliphatic heterocycles. The lowest BCUT2D eigenvalue weighted by molar-refractivity contribution is -0.123. The van der Waals surface area contributed by atoms with E-state index in [4.69, 9.17) is 18.6 Å². The Morgan fingerprint density at radius 3 is 2.34 bits per heavy atom. The van der Waals surface area contributed by atoms with Gasteiger partial charge in [0, 0.05) is 12.6 Å². The SMILES string of the molecule is COc1ccc(S(=O)(=O)N(CC(=O)N/N=C/c2ccc(OCC(=O)NCc3ccco3)cc2)Cc2ccccc2)cc1OC. The highest BCUT2D eigenvalue weighted by Gasteiger charge is 2.28. The van der Waals surface area contributed by atoms with Gasteiger partial charge in [-0.25, -0.2) is 13.8 Å². The smallest absolute Gasteiger partial charge is 0.258 e. The van der Waals surface area contributed by atoms with E-state index in [0.29, 0.717) is 28.4 Å². The fourth-order valence-electron chi connectivity index (χ4n) is 3.96. The van der Waals surface area contributed by atoms with Gasteiger partial charge in [-0.15, -0.1) is 0 Å². The summed E-state index contributed by atoms with van der Waals surface area (Å²) < 4.78 is 49.4. The van der Waals surface area contributed by atoms with E-state index < -0.39 is 22.5 Å². The first-order chi connectivity index (χ1) is 21.3. The van der Waals surface area contributed by atoms with E-state index in [1.165, 1.54) is 44.9 Å². The number of methoxy groups -OCH3 is 2. The van der Waals surface area contributed by atoms with Gasteiger partial charge in [-0.2, -0.15) is 9.41 Å². The van der Waals surface area contributed by atoms with Gasteiger partial charge >= 0.3 is 0 Å². The predicted molar refractivity (Wildman–Crippen MR) is 162 cm³/mol. The van der Waals surface area contributed by atoms with Crippen LogP contribution < -0.4 is 25.0 Å². The Labute approximate surface area is 255 Å². The number of hydrazone groups is 1. The number of furan rings is 1. The first kappa shape index (κ1) is 31.8. The van der Waals surface area contributed by atoms with Gasteiger partial charge in [0.15, 0.2) is 18.1 Å². The van der Waals surface area contributed by atoms with Crippen LogP contribution in [0.5, 0.6) is 17.2 Å². The molecule has 4 aromatic rings. The molecular formula is C31H32N4O8S. The molecule has 0 aliphatic rings. The zero-order valence-corrected chi connectivity index (χ0v) is 25.0. The maximum absolute atomic E-state index is 13.6. The summed E-state index contributed by atoms with van der Waals surface area (Å²) in [6, 6.07) is 23.3. The highest BCUT2D eigenvalue weighted by Crippen LogP contribution is 2.31. The molecule has 0 saturated carbocycles. The van der Waals surface area contributed by atoms with Crippen LogP contribution in [0.25, 0.3) is 0 Å². The van der Waals surface area contributed by atoms with Crippen LogP contribution in [0.4, 0.5) is 0 Å². The second-order valence-electron chi connectivity index (χ2n) is 9.28. The topological polar surface area (TPSA) is 149 Å². The minimum absolute atomic E-state index is 0.0447. The number of rotatable bonds is 15. The molecule has 2 amide bonds. The molecule has 0 aliphatic carbocycles. The number of hydrogen-bond acceptors (Lipinski definition) is 9. The third-order valence-electron chi connectivity index (χ3n) is 6.21. The molecule has 1 aromatic heterocycles. The first-order valence-electron chi connectivity index (χ1n) is 13.4. The van der Waals surface area contributed by atoms with Gasteiger partial charge in [-0.05, 0) is 59.7 Å². The zero-order valence-electron chi connectivity index (χ0n) is 24.1. The van der Waals surface area contributed by atoms with Crippen LogP contribution in [0.1, 0.15) is 16.9 Å². The minimum Gasteiger partial charge on any atom is -0.493 e. The van der Waals surface area contributed by atoms with Gasteiger partial charge < -0.3 is 23.9 Å². The molecule has 13 heteroatoms. The summed E-state index contributed by atoms with van der Waals surface area (Å²) in [6.07, 6.45) is 2.93. The molecule has 0 spiro atoms. The lowest BCUT2D eigenvalue weighted by atomic mass is 10.2. The van der Waals surface area contributed by atoms with E-state index in [1.807, 2.05) is 6.07 Å². The minimum atomic E-state index is -4.12. The van der Waals surface area contributed by atoms with Crippen LogP contribution in [0.2, 0.25) is 0 Å². The predicted octanol–water partition coefficient (Wildman–Crippen LogP) is 3.33.